The molecule has 3 fully saturated rings. The number of rotatable bonds is 4. The topological polar surface area (TPSA) is 29.3 Å². The lowest BCUT2D eigenvalue weighted by atomic mass is 9.77. The molecule has 1 spiro atoms. The fourth-order valence-corrected chi connectivity index (χ4v) is 4.25. The fourth-order valence-electron chi connectivity index (χ4n) is 4.25. The Labute approximate surface area is 106 Å². The van der Waals surface area contributed by atoms with Gasteiger partial charge in [-0.15, -0.1) is 0 Å². The van der Waals surface area contributed by atoms with Crippen LogP contribution in [0.1, 0.15) is 57.8 Å². The van der Waals surface area contributed by atoms with Gasteiger partial charge in [-0.2, -0.15) is 0 Å². The van der Waals surface area contributed by atoms with E-state index >= 15 is 0 Å². The molecular weight excluding hydrogens is 208 g/mol. The quantitative estimate of drug-likeness (QED) is 0.813. The third-order valence-corrected chi connectivity index (χ3v) is 5.77. The normalized spacial score (nSPS) is 30.9. The number of hydrogen-bond acceptors (Lipinski definition) is 2. The fraction of sp³-hybridized carbons (Fsp3) is 1.00. The molecule has 0 radical (unpaired) electrons. The molecule has 0 aromatic heterocycles. The highest BCUT2D eigenvalue weighted by atomic mass is 15.1. The maximum Gasteiger partial charge on any atom is 0.00385 e. The lowest BCUT2D eigenvalue weighted by Crippen LogP contribution is -2.41. The molecule has 3 rings (SSSR count). The van der Waals surface area contributed by atoms with Crippen molar-refractivity contribution in [1.29, 1.82) is 0 Å². The summed E-state index contributed by atoms with van der Waals surface area (Å²) in [6.07, 6.45) is 13.1. The van der Waals surface area contributed by atoms with Crippen LogP contribution in [0.5, 0.6) is 0 Å². The van der Waals surface area contributed by atoms with Gasteiger partial charge in [0.05, 0.1) is 0 Å². The van der Waals surface area contributed by atoms with Crippen LogP contribution in [0.2, 0.25) is 0 Å². The van der Waals surface area contributed by atoms with E-state index in [4.69, 9.17) is 5.73 Å². The molecule has 2 nitrogen and oxygen atoms in total. The van der Waals surface area contributed by atoms with Gasteiger partial charge in [0.2, 0.25) is 0 Å². The second-order valence-electron chi connectivity index (χ2n) is 7.02. The Hall–Kier alpha value is -0.0800. The first kappa shape index (κ1) is 12.0. The van der Waals surface area contributed by atoms with Crippen LogP contribution in [0, 0.1) is 10.8 Å². The smallest absolute Gasteiger partial charge is 0.00385 e. The Morgan fingerprint density at radius 1 is 0.882 bits per heavy atom. The Balaban J connectivity index is 1.48. The van der Waals surface area contributed by atoms with Crippen molar-refractivity contribution in [2.24, 2.45) is 16.6 Å². The summed E-state index contributed by atoms with van der Waals surface area (Å²) in [4.78, 5) is 2.74. The lowest BCUT2D eigenvalue weighted by Gasteiger charge is -2.40. The predicted octanol–water partition coefficient (Wildman–Crippen LogP) is 2.77. The zero-order valence-electron chi connectivity index (χ0n) is 11.2. The average molecular weight is 236 g/mol. The molecule has 2 aliphatic carbocycles. The summed E-state index contributed by atoms with van der Waals surface area (Å²) in [5.74, 6) is 0. The van der Waals surface area contributed by atoms with Gasteiger partial charge in [0, 0.05) is 6.54 Å². The summed E-state index contributed by atoms with van der Waals surface area (Å²) in [6, 6.07) is 0. The van der Waals surface area contributed by atoms with Crippen molar-refractivity contribution in [3.05, 3.63) is 0 Å². The minimum Gasteiger partial charge on any atom is -0.330 e. The van der Waals surface area contributed by atoms with E-state index in [0.29, 0.717) is 5.41 Å². The van der Waals surface area contributed by atoms with Crippen LogP contribution in [0.15, 0.2) is 0 Å². The Bertz CT molecular complexity index is 254. The van der Waals surface area contributed by atoms with Crippen molar-refractivity contribution >= 4 is 0 Å². The van der Waals surface area contributed by atoms with Crippen molar-refractivity contribution in [3.63, 3.8) is 0 Å². The number of likely N-dealkylation sites (tertiary alicyclic amines) is 1. The SMILES string of the molecule is NCCC1(CN2CCC3(CCCC3)CC2)CC1. The number of nitrogens with zero attached hydrogens (tertiary/aromatic N) is 1. The van der Waals surface area contributed by atoms with E-state index in [1.165, 1.54) is 77.4 Å². The Morgan fingerprint density at radius 2 is 1.53 bits per heavy atom. The highest BCUT2D eigenvalue weighted by Gasteiger charge is 2.44. The van der Waals surface area contributed by atoms with Crippen molar-refractivity contribution < 1.29 is 0 Å². The van der Waals surface area contributed by atoms with E-state index in [-0.39, 0.29) is 0 Å². The molecule has 98 valence electrons. The molecule has 2 saturated carbocycles. The van der Waals surface area contributed by atoms with E-state index in [1.807, 2.05) is 0 Å². The summed E-state index contributed by atoms with van der Waals surface area (Å²) in [6.45, 7) is 4.97. The third kappa shape index (κ3) is 2.53. The van der Waals surface area contributed by atoms with Crippen LogP contribution in [0.4, 0.5) is 0 Å². The monoisotopic (exact) mass is 236 g/mol. The summed E-state index contributed by atoms with van der Waals surface area (Å²) in [5.41, 5.74) is 7.16. The average Bonchev–Trinajstić information content (AvgIpc) is 2.93. The number of nitrogens with two attached hydrogens (primary N) is 1. The number of piperidine rings is 1. The first-order valence-corrected chi connectivity index (χ1v) is 7.69. The molecule has 1 aliphatic heterocycles. The molecule has 0 aromatic carbocycles. The van der Waals surface area contributed by atoms with Gasteiger partial charge in [0.1, 0.15) is 0 Å². The molecule has 1 heterocycles. The van der Waals surface area contributed by atoms with E-state index in [2.05, 4.69) is 4.90 Å². The van der Waals surface area contributed by atoms with Gasteiger partial charge in [-0.1, -0.05) is 12.8 Å². The van der Waals surface area contributed by atoms with Gasteiger partial charge >= 0.3 is 0 Å². The lowest BCUT2D eigenvalue weighted by molar-refractivity contribution is 0.0906. The largest absolute Gasteiger partial charge is 0.330 e. The Morgan fingerprint density at radius 3 is 2.06 bits per heavy atom. The molecule has 2 N–H and O–H groups in total. The van der Waals surface area contributed by atoms with Crippen molar-refractivity contribution in [1.82, 2.24) is 4.90 Å². The van der Waals surface area contributed by atoms with E-state index in [1.54, 1.807) is 0 Å². The second kappa shape index (κ2) is 4.55. The molecular formula is C15H28N2. The van der Waals surface area contributed by atoms with Crippen LogP contribution in [0.3, 0.4) is 0 Å². The van der Waals surface area contributed by atoms with E-state index in [0.717, 1.165) is 12.0 Å². The van der Waals surface area contributed by atoms with Crippen LogP contribution < -0.4 is 5.73 Å². The maximum absolute atomic E-state index is 5.74. The second-order valence-corrected chi connectivity index (χ2v) is 7.02. The highest BCUT2D eigenvalue weighted by molar-refractivity contribution is 4.97. The minimum atomic E-state index is 0.648. The summed E-state index contributed by atoms with van der Waals surface area (Å²) < 4.78 is 0. The molecule has 0 bridgehead atoms. The van der Waals surface area contributed by atoms with Crippen molar-refractivity contribution in [2.75, 3.05) is 26.2 Å². The maximum atomic E-state index is 5.74. The molecule has 1 saturated heterocycles. The molecule has 0 aromatic rings. The Kier molecular flexibility index (Phi) is 3.20. The van der Waals surface area contributed by atoms with E-state index < -0.39 is 0 Å². The van der Waals surface area contributed by atoms with Gasteiger partial charge < -0.3 is 10.6 Å². The molecule has 0 unspecified atom stereocenters. The van der Waals surface area contributed by atoms with Crippen LogP contribution in [-0.4, -0.2) is 31.1 Å². The molecule has 0 atom stereocenters. The summed E-state index contributed by atoms with van der Waals surface area (Å²) in [5, 5.41) is 0. The number of hydrogen-bond donors (Lipinski definition) is 1. The van der Waals surface area contributed by atoms with Gasteiger partial charge in [0.25, 0.3) is 0 Å². The zero-order chi connectivity index (χ0) is 11.8. The van der Waals surface area contributed by atoms with Crippen LogP contribution in [-0.2, 0) is 0 Å². The van der Waals surface area contributed by atoms with Crippen molar-refractivity contribution in [2.45, 2.75) is 57.8 Å². The predicted molar refractivity (Wildman–Crippen MR) is 71.9 cm³/mol. The summed E-state index contributed by atoms with van der Waals surface area (Å²) in [7, 11) is 0. The van der Waals surface area contributed by atoms with Gasteiger partial charge in [-0.25, -0.2) is 0 Å². The van der Waals surface area contributed by atoms with Crippen LogP contribution in [0.25, 0.3) is 0 Å². The third-order valence-electron chi connectivity index (χ3n) is 5.77. The van der Waals surface area contributed by atoms with Crippen LogP contribution >= 0.6 is 0 Å². The van der Waals surface area contributed by atoms with Gasteiger partial charge in [-0.05, 0) is 75.4 Å². The van der Waals surface area contributed by atoms with E-state index in [9.17, 15) is 0 Å². The summed E-state index contributed by atoms with van der Waals surface area (Å²) >= 11 is 0. The molecule has 17 heavy (non-hydrogen) atoms. The minimum absolute atomic E-state index is 0.648. The van der Waals surface area contributed by atoms with Gasteiger partial charge in [-0.3, -0.25) is 0 Å². The van der Waals surface area contributed by atoms with Gasteiger partial charge in [0.15, 0.2) is 0 Å². The molecule has 2 heteroatoms. The highest BCUT2D eigenvalue weighted by Crippen LogP contribution is 2.51. The molecule has 0 amide bonds. The molecule has 3 aliphatic rings. The van der Waals surface area contributed by atoms with Crippen molar-refractivity contribution in [3.8, 4) is 0 Å². The standard InChI is InChI=1S/C15H28N2/c16-10-7-15(5-6-15)13-17-11-8-14(9-12-17)3-1-2-4-14/h1-13,16H2. The first-order valence-electron chi connectivity index (χ1n) is 7.69. The zero-order valence-corrected chi connectivity index (χ0v) is 11.2. The first-order chi connectivity index (χ1) is 8.26.